The summed E-state index contributed by atoms with van der Waals surface area (Å²) in [5, 5.41) is 13.6. The number of aryl methyl sites for hydroxylation is 1. The molecule has 0 saturated carbocycles. The van der Waals surface area contributed by atoms with Crippen LogP contribution in [-0.2, 0) is 6.54 Å². The molecule has 3 heterocycles. The highest BCUT2D eigenvalue weighted by Crippen LogP contribution is 2.32. The summed E-state index contributed by atoms with van der Waals surface area (Å²) in [6.45, 7) is 5.72. The molecule has 1 unspecified atom stereocenters. The second kappa shape index (κ2) is 10.2. The lowest BCUT2D eigenvalue weighted by Gasteiger charge is -2.31. The molecule has 0 spiro atoms. The van der Waals surface area contributed by atoms with E-state index in [1.807, 2.05) is 14.0 Å². The number of benzene rings is 1. The molecule has 2 aromatic heterocycles. The highest BCUT2D eigenvalue weighted by Gasteiger charge is 2.25. The van der Waals surface area contributed by atoms with Gasteiger partial charge in [0.2, 0.25) is 11.8 Å². The number of nitrogens with zero attached hydrogens (tertiary/aromatic N) is 3. The number of rotatable bonds is 9. The first-order valence-corrected chi connectivity index (χ1v) is 11.6. The first kappa shape index (κ1) is 21.0. The van der Waals surface area contributed by atoms with Crippen LogP contribution in [-0.4, -0.2) is 41.8 Å². The van der Waals surface area contributed by atoms with E-state index in [0.717, 1.165) is 57.1 Å². The molecule has 0 amide bonds. The first-order chi connectivity index (χ1) is 14.7. The molecule has 1 aromatic carbocycles. The van der Waals surface area contributed by atoms with Gasteiger partial charge >= 0.3 is 0 Å². The maximum atomic E-state index is 6.54. The minimum Gasteiger partial charge on any atom is -0.485 e. The van der Waals surface area contributed by atoms with Gasteiger partial charge in [0.05, 0.1) is 0 Å². The zero-order valence-electron chi connectivity index (χ0n) is 17.7. The van der Waals surface area contributed by atoms with Crippen LogP contribution in [0.3, 0.4) is 0 Å². The van der Waals surface area contributed by atoms with Crippen molar-refractivity contribution in [2.24, 2.45) is 0 Å². The Kier molecular flexibility index (Phi) is 7.15. The predicted molar refractivity (Wildman–Crippen MR) is 119 cm³/mol. The van der Waals surface area contributed by atoms with Crippen LogP contribution in [0.1, 0.15) is 53.5 Å². The summed E-state index contributed by atoms with van der Waals surface area (Å²) in [4.78, 5) is 3.77. The van der Waals surface area contributed by atoms with Gasteiger partial charge in [0.15, 0.2) is 0 Å². The zero-order valence-corrected chi connectivity index (χ0v) is 18.5. The van der Waals surface area contributed by atoms with Crippen molar-refractivity contribution >= 4 is 11.3 Å². The highest BCUT2D eigenvalue weighted by atomic mass is 32.1. The van der Waals surface area contributed by atoms with Crippen LogP contribution < -0.4 is 10.1 Å². The van der Waals surface area contributed by atoms with Gasteiger partial charge in [-0.25, -0.2) is 0 Å². The topological polar surface area (TPSA) is 63.4 Å². The largest absolute Gasteiger partial charge is 0.485 e. The van der Waals surface area contributed by atoms with Gasteiger partial charge in [0, 0.05) is 36.2 Å². The smallest absolute Gasteiger partial charge is 0.219 e. The molecule has 0 bridgehead atoms. The molecule has 7 heteroatoms. The summed E-state index contributed by atoms with van der Waals surface area (Å²) in [6.07, 6.45) is 3.11. The molecule has 0 aliphatic carbocycles. The molecule has 6 nitrogen and oxygen atoms in total. The van der Waals surface area contributed by atoms with E-state index in [9.17, 15) is 0 Å². The molecule has 1 saturated heterocycles. The molecule has 1 fully saturated rings. The minimum atomic E-state index is 0.0742. The first-order valence-electron chi connectivity index (χ1n) is 10.7. The Balaban J connectivity index is 1.39. The summed E-state index contributed by atoms with van der Waals surface area (Å²) >= 11 is 1.76. The Bertz CT molecular complexity index is 904. The van der Waals surface area contributed by atoms with Gasteiger partial charge < -0.3 is 14.5 Å². The van der Waals surface area contributed by atoms with Gasteiger partial charge in [-0.1, -0.05) is 24.3 Å². The molecule has 30 heavy (non-hydrogen) atoms. The van der Waals surface area contributed by atoms with Crippen molar-refractivity contribution < 1.29 is 9.15 Å². The van der Waals surface area contributed by atoms with Gasteiger partial charge in [-0.3, -0.25) is 4.90 Å². The van der Waals surface area contributed by atoms with E-state index in [0.29, 0.717) is 11.8 Å². The Hall–Kier alpha value is -2.22. The van der Waals surface area contributed by atoms with Crippen molar-refractivity contribution in [3.63, 3.8) is 0 Å². The molecule has 160 valence electrons. The quantitative estimate of drug-likeness (QED) is 0.542. The number of piperidine rings is 1. The number of hydrogen-bond donors (Lipinski definition) is 1. The molecule has 3 aromatic rings. The lowest BCUT2D eigenvalue weighted by Crippen LogP contribution is -2.32. The lowest BCUT2D eigenvalue weighted by molar-refractivity contribution is 0.176. The Morgan fingerprint density at radius 3 is 2.73 bits per heavy atom. The third kappa shape index (κ3) is 5.28. The van der Waals surface area contributed by atoms with Gasteiger partial charge in [0.1, 0.15) is 11.9 Å². The second-order valence-electron chi connectivity index (χ2n) is 7.83. The van der Waals surface area contributed by atoms with E-state index >= 15 is 0 Å². The van der Waals surface area contributed by atoms with E-state index < -0.39 is 0 Å². The molecular weight excluding hydrogens is 396 g/mol. The third-order valence-electron chi connectivity index (χ3n) is 5.63. The third-order valence-corrected chi connectivity index (χ3v) is 6.60. The summed E-state index contributed by atoms with van der Waals surface area (Å²) in [7, 11) is 1.98. The number of nitrogens with one attached hydrogen (secondary N) is 1. The van der Waals surface area contributed by atoms with E-state index in [2.05, 4.69) is 62.2 Å². The Morgan fingerprint density at radius 2 is 2.03 bits per heavy atom. The lowest BCUT2D eigenvalue weighted by atomic mass is 9.96. The predicted octanol–water partition coefficient (Wildman–Crippen LogP) is 4.55. The fraction of sp³-hybridized carbons (Fsp3) is 0.478. The number of thiophene rings is 1. The summed E-state index contributed by atoms with van der Waals surface area (Å²) in [6, 6.07) is 12.7. The monoisotopic (exact) mass is 426 g/mol. The van der Waals surface area contributed by atoms with Crippen LogP contribution in [0, 0.1) is 6.92 Å². The number of hydrogen-bond acceptors (Lipinski definition) is 7. The Morgan fingerprint density at radius 1 is 1.20 bits per heavy atom. The number of ether oxygens (including phenoxy) is 1. The van der Waals surface area contributed by atoms with Crippen molar-refractivity contribution in [2.75, 3.05) is 26.7 Å². The van der Waals surface area contributed by atoms with Gasteiger partial charge in [-0.15, -0.1) is 21.5 Å². The fourth-order valence-corrected chi connectivity index (χ4v) is 4.76. The van der Waals surface area contributed by atoms with E-state index in [1.165, 1.54) is 10.4 Å². The average molecular weight is 427 g/mol. The summed E-state index contributed by atoms with van der Waals surface area (Å²) in [5.74, 6) is 2.80. The highest BCUT2D eigenvalue weighted by molar-refractivity contribution is 7.10. The maximum absolute atomic E-state index is 6.54. The van der Waals surface area contributed by atoms with Gasteiger partial charge in [-0.2, -0.15) is 0 Å². The Labute approximate surface area is 182 Å². The summed E-state index contributed by atoms with van der Waals surface area (Å²) < 4.78 is 12.2. The van der Waals surface area contributed by atoms with E-state index in [4.69, 9.17) is 9.15 Å². The van der Waals surface area contributed by atoms with Crippen LogP contribution >= 0.6 is 11.3 Å². The number of likely N-dealkylation sites (tertiary alicyclic amines) is 1. The van der Waals surface area contributed by atoms with Crippen LogP contribution in [0.15, 0.2) is 46.2 Å². The normalized spacial score (nSPS) is 16.6. The zero-order chi connectivity index (χ0) is 20.8. The van der Waals surface area contributed by atoms with Crippen LogP contribution in [0.4, 0.5) is 0 Å². The van der Waals surface area contributed by atoms with Gasteiger partial charge in [-0.05, 0) is 57.0 Å². The van der Waals surface area contributed by atoms with Crippen LogP contribution in [0.5, 0.6) is 5.75 Å². The van der Waals surface area contributed by atoms with Crippen LogP contribution in [0.25, 0.3) is 0 Å². The summed E-state index contributed by atoms with van der Waals surface area (Å²) in [5.41, 5.74) is 1.25. The standard InChI is InChI=1S/C23H30N4O2S/c1-17-25-26-23(28-17)18-10-13-27(14-11-18)16-19-6-3-4-7-20(19)29-21(9-12-24-2)22-8-5-15-30-22/h3-8,15,18,21,24H,9-14,16H2,1-2H3. The van der Waals surface area contributed by atoms with Crippen molar-refractivity contribution in [1.29, 1.82) is 0 Å². The number of para-hydroxylation sites is 1. The van der Waals surface area contributed by atoms with Crippen molar-refractivity contribution in [3.05, 3.63) is 64.0 Å². The molecule has 1 atom stereocenters. The fourth-order valence-electron chi connectivity index (χ4n) is 3.97. The molecule has 4 rings (SSSR count). The minimum absolute atomic E-state index is 0.0742. The van der Waals surface area contributed by atoms with Crippen molar-refractivity contribution in [1.82, 2.24) is 20.4 Å². The van der Waals surface area contributed by atoms with Crippen molar-refractivity contribution in [2.45, 2.75) is 44.8 Å². The number of aromatic nitrogens is 2. The second-order valence-corrected chi connectivity index (χ2v) is 8.81. The molecule has 0 radical (unpaired) electrons. The maximum Gasteiger partial charge on any atom is 0.219 e. The molecule has 1 aliphatic rings. The van der Waals surface area contributed by atoms with Crippen molar-refractivity contribution in [3.8, 4) is 5.75 Å². The molecule has 1 aliphatic heterocycles. The van der Waals surface area contributed by atoms with Crippen LogP contribution in [0.2, 0.25) is 0 Å². The molecular formula is C23H30N4O2S. The molecule has 1 N–H and O–H groups in total. The SMILES string of the molecule is CNCCC(Oc1ccccc1CN1CCC(c2nnc(C)o2)CC1)c1cccs1. The van der Waals surface area contributed by atoms with E-state index in [-0.39, 0.29) is 6.10 Å². The van der Waals surface area contributed by atoms with E-state index in [1.54, 1.807) is 11.3 Å². The van der Waals surface area contributed by atoms with Gasteiger partial charge in [0.25, 0.3) is 0 Å². The average Bonchev–Trinajstić information content (AvgIpc) is 3.45.